The average Bonchev–Trinajstić information content (AvgIpc) is 2.82. The Bertz CT molecular complexity index is 443. The SMILES string of the molecule is CC(C)Cc1nc(C2CC2(C)C)nc(Cl)c1I. The first-order valence-electron chi connectivity index (χ1n) is 6.03. The minimum atomic E-state index is 0.352. The molecule has 4 heteroatoms. The van der Waals surface area contributed by atoms with E-state index in [9.17, 15) is 0 Å². The third kappa shape index (κ3) is 2.92. The first-order chi connectivity index (χ1) is 7.81. The van der Waals surface area contributed by atoms with Gasteiger partial charge in [-0.3, -0.25) is 0 Å². The summed E-state index contributed by atoms with van der Waals surface area (Å²) in [6.07, 6.45) is 2.14. The van der Waals surface area contributed by atoms with Gasteiger partial charge in [0.25, 0.3) is 0 Å². The van der Waals surface area contributed by atoms with E-state index in [-0.39, 0.29) is 0 Å². The van der Waals surface area contributed by atoms with Crippen molar-refractivity contribution in [2.24, 2.45) is 11.3 Å². The third-order valence-corrected chi connectivity index (χ3v) is 5.05. The van der Waals surface area contributed by atoms with Gasteiger partial charge < -0.3 is 0 Å². The standard InChI is InChI=1S/C13H18ClIN2/c1-7(2)5-9-10(15)11(14)17-12(16-9)8-6-13(8,3)4/h7-8H,5-6H2,1-4H3. The number of hydrogen-bond acceptors (Lipinski definition) is 2. The van der Waals surface area contributed by atoms with Crippen LogP contribution in [0.15, 0.2) is 0 Å². The van der Waals surface area contributed by atoms with E-state index in [4.69, 9.17) is 16.6 Å². The van der Waals surface area contributed by atoms with Crippen LogP contribution in [0.5, 0.6) is 0 Å². The van der Waals surface area contributed by atoms with Crippen molar-refractivity contribution < 1.29 is 0 Å². The van der Waals surface area contributed by atoms with E-state index in [2.05, 4.69) is 55.3 Å². The monoisotopic (exact) mass is 364 g/mol. The highest BCUT2D eigenvalue weighted by Crippen LogP contribution is 2.57. The summed E-state index contributed by atoms with van der Waals surface area (Å²) in [6.45, 7) is 8.92. The van der Waals surface area contributed by atoms with Gasteiger partial charge in [0.1, 0.15) is 11.0 Å². The molecule has 1 aromatic rings. The van der Waals surface area contributed by atoms with Crippen molar-refractivity contribution in [2.75, 3.05) is 0 Å². The Morgan fingerprint density at radius 3 is 2.47 bits per heavy atom. The summed E-state index contributed by atoms with van der Waals surface area (Å²) >= 11 is 8.46. The predicted molar refractivity (Wildman–Crippen MR) is 79.4 cm³/mol. The van der Waals surface area contributed by atoms with Gasteiger partial charge in [0.15, 0.2) is 0 Å². The first kappa shape index (κ1) is 13.5. The maximum Gasteiger partial charge on any atom is 0.146 e. The molecule has 0 spiro atoms. The minimum absolute atomic E-state index is 0.352. The zero-order valence-electron chi connectivity index (χ0n) is 10.7. The zero-order valence-corrected chi connectivity index (χ0v) is 13.6. The fourth-order valence-corrected chi connectivity index (χ4v) is 2.72. The Balaban J connectivity index is 2.33. The van der Waals surface area contributed by atoms with Crippen LogP contribution in [0.1, 0.15) is 51.6 Å². The minimum Gasteiger partial charge on any atom is -0.236 e. The van der Waals surface area contributed by atoms with Crippen LogP contribution in [0.4, 0.5) is 0 Å². The normalized spacial score (nSPS) is 21.9. The first-order valence-corrected chi connectivity index (χ1v) is 7.48. The third-order valence-electron chi connectivity index (χ3n) is 3.32. The molecule has 1 aliphatic rings. The van der Waals surface area contributed by atoms with Crippen molar-refractivity contribution >= 4 is 34.2 Å². The molecule has 94 valence electrons. The largest absolute Gasteiger partial charge is 0.236 e. The molecule has 2 rings (SSSR count). The Morgan fingerprint density at radius 2 is 2.00 bits per heavy atom. The Morgan fingerprint density at radius 1 is 1.41 bits per heavy atom. The van der Waals surface area contributed by atoms with Gasteiger partial charge in [0, 0.05) is 5.92 Å². The average molecular weight is 365 g/mol. The van der Waals surface area contributed by atoms with Gasteiger partial charge in [-0.05, 0) is 46.8 Å². The van der Waals surface area contributed by atoms with Crippen molar-refractivity contribution in [1.82, 2.24) is 9.97 Å². The molecule has 17 heavy (non-hydrogen) atoms. The summed E-state index contributed by atoms with van der Waals surface area (Å²) in [5.74, 6) is 2.02. The fourth-order valence-electron chi connectivity index (χ4n) is 2.07. The second-order valence-corrected chi connectivity index (χ2v) is 7.41. The van der Waals surface area contributed by atoms with Crippen molar-refractivity contribution in [3.63, 3.8) is 0 Å². The maximum absolute atomic E-state index is 6.21. The molecule has 0 amide bonds. The van der Waals surface area contributed by atoms with E-state index in [1.165, 1.54) is 6.42 Å². The van der Waals surface area contributed by atoms with Crippen LogP contribution in [0.3, 0.4) is 0 Å². The fraction of sp³-hybridized carbons (Fsp3) is 0.692. The lowest BCUT2D eigenvalue weighted by atomic mass is 10.1. The van der Waals surface area contributed by atoms with Crippen LogP contribution in [-0.4, -0.2) is 9.97 Å². The Labute approximate surface area is 122 Å². The highest BCUT2D eigenvalue weighted by Gasteiger charge is 2.48. The van der Waals surface area contributed by atoms with Crippen molar-refractivity contribution in [1.29, 1.82) is 0 Å². The second kappa shape index (κ2) is 4.65. The molecule has 1 aromatic heterocycles. The molecular formula is C13H18ClIN2. The molecule has 0 bridgehead atoms. The number of rotatable bonds is 3. The van der Waals surface area contributed by atoms with Crippen LogP contribution in [0.25, 0.3) is 0 Å². The van der Waals surface area contributed by atoms with E-state index in [0.29, 0.717) is 22.4 Å². The molecule has 1 unspecified atom stereocenters. The molecule has 0 N–H and O–H groups in total. The van der Waals surface area contributed by atoms with Gasteiger partial charge in [-0.25, -0.2) is 9.97 Å². The number of nitrogens with zero attached hydrogens (tertiary/aromatic N) is 2. The van der Waals surface area contributed by atoms with E-state index in [0.717, 1.165) is 21.5 Å². The number of hydrogen-bond donors (Lipinski definition) is 0. The van der Waals surface area contributed by atoms with Gasteiger partial charge in [0.05, 0.1) is 9.26 Å². The lowest BCUT2D eigenvalue weighted by Gasteiger charge is -2.10. The van der Waals surface area contributed by atoms with E-state index >= 15 is 0 Å². The van der Waals surface area contributed by atoms with Crippen LogP contribution in [0, 0.1) is 14.9 Å². The lowest BCUT2D eigenvalue weighted by molar-refractivity contribution is 0.596. The summed E-state index contributed by atoms with van der Waals surface area (Å²) in [5, 5.41) is 0.619. The topological polar surface area (TPSA) is 25.8 Å². The second-order valence-electron chi connectivity index (χ2n) is 5.98. The van der Waals surface area contributed by atoms with Gasteiger partial charge in [0.2, 0.25) is 0 Å². The zero-order chi connectivity index (χ0) is 12.8. The Kier molecular flexibility index (Phi) is 3.70. The van der Waals surface area contributed by atoms with E-state index < -0.39 is 0 Å². The highest BCUT2D eigenvalue weighted by molar-refractivity contribution is 14.1. The molecule has 1 atom stereocenters. The van der Waals surface area contributed by atoms with Crippen molar-refractivity contribution in [2.45, 2.75) is 46.5 Å². The summed E-state index contributed by atoms with van der Waals surface area (Å²) in [5.41, 5.74) is 1.46. The number of aromatic nitrogens is 2. The molecule has 1 fully saturated rings. The van der Waals surface area contributed by atoms with E-state index in [1.807, 2.05) is 0 Å². The van der Waals surface area contributed by atoms with Crippen LogP contribution < -0.4 is 0 Å². The summed E-state index contributed by atoms with van der Waals surface area (Å²) in [4.78, 5) is 9.17. The molecule has 1 saturated carbocycles. The molecule has 0 aromatic carbocycles. The van der Waals surface area contributed by atoms with Gasteiger partial charge in [-0.1, -0.05) is 39.3 Å². The number of halogens is 2. The van der Waals surface area contributed by atoms with Crippen molar-refractivity contribution in [3.05, 3.63) is 20.2 Å². The van der Waals surface area contributed by atoms with Gasteiger partial charge in [-0.2, -0.15) is 0 Å². The van der Waals surface area contributed by atoms with Crippen LogP contribution >= 0.6 is 34.2 Å². The molecule has 2 nitrogen and oxygen atoms in total. The quantitative estimate of drug-likeness (QED) is 0.585. The Hall–Kier alpha value is 0.100. The van der Waals surface area contributed by atoms with Crippen molar-refractivity contribution in [3.8, 4) is 0 Å². The molecule has 1 heterocycles. The summed E-state index contributed by atoms with van der Waals surface area (Å²) < 4.78 is 1.01. The highest BCUT2D eigenvalue weighted by atomic mass is 127. The van der Waals surface area contributed by atoms with Gasteiger partial charge >= 0.3 is 0 Å². The van der Waals surface area contributed by atoms with Crippen LogP contribution in [-0.2, 0) is 6.42 Å². The smallest absolute Gasteiger partial charge is 0.146 e. The van der Waals surface area contributed by atoms with E-state index in [1.54, 1.807) is 0 Å². The predicted octanol–water partition coefficient (Wildman–Crippen LogP) is 4.45. The molecular weight excluding hydrogens is 347 g/mol. The summed E-state index contributed by atoms with van der Waals surface area (Å²) in [6, 6.07) is 0. The molecule has 0 radical (unpaired) electrons. The van der Waals surface area contributed by atoms with Gasteiger partial charge in [-0.15, -0.1) is 0 Å². The molecule has 1 aliphatic carbocycles. The molecule has 0 aliphatic heterocycles. The molecule has 0 saturated heterocycles. The lowest BCUT2D eigenvalue weighted by Crippen LogP contribution is -2.07. The maximum atomic E-state index is 6.21. The van der Waals surface area contributed by atoms with Crippen LogP contribution in [0.2, 0.25) is 5.15 Å². The summed E-state index contributed by atoms with van der Waals surface area (Å²) in [7, 11) is 0.